The summed E-state index contributed by atoms with van der Waals surface area (Å²) >= 11 is 1.54. The van der Waals surface area contributed by atoms with E-state index in [4.69, 9.17) is 0 Å². The molecule has 0 saturated heterocycles. The van der Waals surface area contributed by atoms with Gasteiger partial charge in [-0.2, -0.15) is 5.26 Å². The van der Waals surface area contributed by atoms with Crippen LogP contribution in [0.25, 0.3) is 0 Å². The summed E-state index contributed by atoms with van der Waals surface area (Å²) in [5.41, 5.74) is 1.77. The zero-order valence-corrected chi connectivity index (χ0v) is 12.8. The van der Waals surface area contributed by atoms with E-state index in [1.165, 1.54) is 11.1 Å². The number of thioether (sulfide) groups is 1. The largest absolute Gasteiger partial charge is 0.337 e. The highest BCUT2D eigenvalue weighted by Gasteiger charge is 2.35. The lowest BCUT2D eigenvalue weighted by atomic mass is 10.0. The van der Waals surface area contributed by atoms with E-state index in [2.05, 4.69) is 29.6 Å². The Morgan fingerprint density at radius 1 is 1.40 bits per heavy atom. The van der Waals surface area contributed by atoms with E-state index in [1.807, 2.05) is 13.8 Å². The van der Waals surface area contributed by atoms with Crippen molar-refractivity contribution in [3.05, 3.63) is 29.3 Å². The van der Waals surface area contributed by atoms with Gasteiger partial charge in [0, 0.05) is 4.90 Å². The average Bonchev–Trinajstić information content (AvgIpc) is 2.89. The molecule has 3 nitrogen and oxygen atoms in total. The summed E-state index contributed by atoms with van der Waals surface area (Å²) in [4.78, 5) is 13.2. The first-order valence-electron chi connectivity index (χ1n) is 6.97. The van der Waals surface area contributed by atoms with Crippen molar-refractivity contribution in [3.63, 3.8) is 0 Å². The van der Waals surface area contributed by atoms with Crippen molar-refractivity contribution in [1.29, 1.82) is 5.26 Å². The lowest BCUT2D eigenvalue weighted by Crippen LogP contribution is -2.45. The first-order valence-corrected chi connectivity index (χ1v) is 7.95. The van der Waals surface area contributed by atoms with E-state index >= 15 is 0 Å². The molecule has 1 amide bonds. The molecule has 0 bridgehead atoms. The van der Waals surface area contributed by atoms with Crippen LogP contribution < -0.4 is 5.32 Å². The first kappa shape index (κ1) is 14.9. The van der Waals surface area contributed by atoms with Crippen LogP contribution >= 0.6 is 11.8 Å². The monoisotopic (exact) mass is 288 g/mol. The number of carbonyl (C=O) groups excluding carboxylic acids is 1. The zero-order chi connectivity index (χ0) is 14.6. The van der Waals surface area contributed by atoms with Crippen molar-refractivity contribution in [2.75, 3.05) is 5.75 Å². The van der Waals surface area contributed by atoms with Crippen molar-refractivity contribution in [2.24, 2.45) is 0 Å². The molecule has 1 aromatic carbocycles. The molecule has 1 fully saturated rings. The lowest BCUT2D eigenvalue weighted by molar-refractivity contribution is -0.119. The molecule has 0 radical (unpaired) electrons. The topological polar surface area (TPSA) is 52.9 Å². The van der Waals surface area contributed by atoms with Crippen molar-refractivity contribution < 1.29 is 4.79 Å². The van der Waals surface area contributed by atoms with Gasteiger partial charge in [-0.05, 0) is 51.2 Å². The number of rotatable bonds is 4. The smallest absolute Gasteiger partial charge is 0.231 e. The van der Waals surface area contributed by atoms with Gasteiger partial charge in [0.15, 0.2) is 0 Å². The van der Waals surface area contributed by atoms with Gasteiger partial charge in [0.05, 0.1) is 11.8 Å². The number of carbonyl (C=O) groups is 1. The van der Waals surface area contributed by atoms with Crippen LogP contribution in [0.3, 0.4) is 0 Å². The van der Waals surface area contributed by atoms with Crippen LogP contribution in [0.2, 0.25) is 0 Å². The average molecular weight is 288 g/mol. The Morgan fingerprint density at radius 3 is 2.75 bits per heavy atom. The number of amides is 1. The van der Waals surface area contributed by atoms with Crippen molar-refractivity contribution in [3.8, 4) is 6.07 Å². The summed E-state index contributed by atoms with van der Waals surface area (Å²) in [6, 6.07) is 8.53. The third-order valence-corrected chi connectivity index (χ3v) is 4.91. The van der Waals surface area contributed by atoms with Crippen molar-refractivity contribution in [2.45, 2.75) is 50.0 Å². The molecule has 20 heavy (non-hydrogen) atoms. The van der Waals surface area contributed by atoms with Gasteiger partial charge in [0.25, 0.3) is 0 Å². The second-order valence-electron chi connectivity index (χ2n) is 5.51. The van der Waals surface area contributed by atoms with Crippen LogP contribution in [-0.4, -0.2) is 17.2 Å². The molecule has 1 saturated carbocycles. The predicted octanol–water partition coefficient (Wildman–Crippen LogP) is 3.35. The molecule has 0 spiro atoms. The first-order chi connectivity index (χ1) is 9.54. The number of nitrogens with zero attached hydrogens (tertiary/aromatic N) is 1. The van der Waals surface area contributed by atoms with E-state index in [0.717, 1.165) is 30.6 Å². The highest BCUT2D eigenvalue weighted by molar-refractivity contribution is 8.00. The van der Waals surface area contributed by atoms with Gasteiger partial charge in [0.2, 0.25) is 5.91 Å². The van der Waals surface area contributed by atoms with E-state index in [-0.39, 0.29) is 5.91 Å². The minimum atomic E-state index is -0.612. The molecule has 0 atom stereocenters. The van der Waals surface area contributed by atoms with Gasteiger partial charge in [-0.25, -0.2) is 0 Å². The molecule has 0 unspecified atom stereocenters. The van der Waals surface area contributed by atoms with Gasteiger partial charge in [0.1, 0.15) is 5.54 Å². The highest BCUT2D eigenvalue weighted by atomic mass is 32.2. The number of nitriles is 1. The van der Waals surface area contributed by atoms with Crippen molar-refractivity contribution >= 4 is 17.7 Å². The van der Waals surface area contributed by atoms with Crippen LogP contribution in [0, 0.1) is 25.2 Å². The van der Waals surface area contributed by atoms with Crippen LogP contribution in [0.1, 0.15) is 36.8 Å². The van der Waals surface area contributed by atoms with Crippen LogP contribution in [-0.2, 0) is 4.79 Å². The third-order valence-electron chi connectivity index (χ3n) is 3.75. The summed E-state index contributed by atoms with van der Waals surface area (Å²) in [6.45, 7) is 4.10. The summed E-state index contributed by atoms with van der Waals surface area (Å²) in [7, 11) is 0. The van der Waals surface area contributed by atoms with E-state index in [9.17, 15) is 10.1 Å². The second-order valence-corrected chi connectivity index (χ2v) is 6.52. The quantitative estimate of drug-likeness (QED) is 0.864. The Labute approximate surface area is 124 Å². The minimum Gasteiger partial charge on any atom is -0.337 e. The molecule has 1 aliphatic carbocycles. The van der Waals surface area contributed by atoms with Crippen molar-refractivity contribution in [1.82, 2.24) is 5.32 Å². The standard InChI is InChI=1S/C16H20N2OS/c1-12-5-6-13(2)14(9-12)20-10-15(19)18-16(11-17)7-3-4-8-16/h5-6,9H,3-4,7-8,10H2,1-2H3,(H,18,19). The highest BCUT2D eigenvalue weighted by Crippen LogP contribution is 2.29. The van der Waals surface area contributed by atoms with E-state index < -0.39 is 5.54 Å². The van der Waals surface area contributed by atoms with Gasteiger partial charge >= 0.3 is 0 Å². The summed E-state index contributed by atoms with van der Waals surface area (Å²) < 4.78 is 0. The minimum absolute atomic E-state index is 0.0423. The Balaban J connectivity index is 1.92. The van der Waals surface area contributed by atoms with Crippen LogP contribution in [0.15, 0.2) is 23.1 Å². The summed E-state index contributed by atoms with van der Waals surface area (Å²) in [6.07, 6.45) is 3.61. The molecule has 1 aliphatic rings. The molecule has 0 aliphatic heterocycles. The van der Waals surface area contributed by atoms with Gasteiger partial charge < -0.3 is 5.32 Å². The zero-order valence-electron chi connectivity index (χ0n) is 12.0. The molecule has 106 valence electrons. The summed E-state index contributed by atoms with van der Waals surface area (Å²) in [5, 5.41) is 12.2. The molecular weight excluding hydrogens is 268 g/mol. The van der Waals surface area contributed by atoms with E-state index in [0.29, 0.717) is 5.75 Å². The lowest BCUT2D eigenvalue weighted by Gasteiger charge is -2.21. The molecule has 4 heteroatoms. The number of nitrogens with one attached hydrogen (secondary N) is 1. The molecule has 0 heterocycles. The van der Waals surface area contributed by atoms with E-state index in [1.54, 1.807) is 11.8 Å². The third kappa shape index (κ3) is 3.55. The fourth-order valence-corrected chi connectivity index (χ4v) is 3.48. The Morgan fingerprint density at radius 2 is 2.10 bits per heavy atom. The van der Waals surface area contributed by atoms with Gasteiger partial charge in [-0.1, -0.05) is 17.7 Å². The number of benzene rings is 1. The molecule has 2 rings (SSSR count). The fourth-order valence-electron chi connectivity index (χ4n) is 2.55. The van der Waals surface area contributed by atoms with Crippen LogP contribution in [0.5, 0.6) is 0 Å². The second kappa shape index (κ2) is 6.32. The fraction of sp³-hybridized carbons (Fsp3) is 0.500. The summed E-state index contributed by atoms with van der Waals surface area (Å²) in [5.74, 6) is 0.327. The number of hydrogen-bond acceptors (Lipinski definition) is 3. The number of hydrogen-bond donors (Lipinski definition) is 1. The Bertz CT molecular complexity index is 542. The normalized spacial score (nSPS) is 16.6. The molecule has 0 aromatic heterocycles. The maximum atomic E-state index is 12.0. The SMILES string of the molecule is Cc1ccc(C)c(SCC(=O)NC2(C#N)CCCC2)c1. The maximum absolute atomic E-state index is 12.0. The Kier molecular flexibility index (Phi) is 4.72. The maximum Gasteiger partial charge on any atom is 0.231 e. The van der Waals surface area contributed by atoms with Gasteiger partial charge in [-0.3, -0.25) is 4.79 Å². The molecule has 1 aromatic rings. The van der Waals surface area contributed by atoms with Crippen LogP contribution in [0.4, 0.5) is 0 Å². The number of aryl methyl sites for hydroxylation is 2. The predicted molar refractivity (Wildman–Crippen MR) is 81.6 cm³/mol. The van der Waals surface area contributed by atoms with Gasteiger partial charge in [-0.15, -0.1) is 11.8 Å². The Hall–Kier alpha value is -1.47. The molecule has 1 N–H and O–H groups in total. The molecular formula is C16H20N2OS.